The summed E-state index contributed by atoms with van der Waals surface area (Å²) in [5, 5.41) is 2.83. The third-order valence-electron chi connectivity index (χ3n) is 5.20. The van der Waals surface area contributed by atoms with Gasteiger partial charge < -0.3 is 14.5 Å². The Labute approximate surface area is 192 Å². The number of hydrogen-bond donors (Lipinski definition) is 2. The first-order valence-corrected chi connectivity index (χ1v) is 11.7. The number of nitrogens with zero attached hydrogens (tertiary/aromatic N) is 2. The van der Waals surface area contributed by atoms with Crippen molar-refractivity contribution in [3.05, 3.63) is 89.4 Å². The summed E-state index contributed by atoms with van der Waals surface area (Å²) in [5.41, 5.74) is 3.95. The number of benzene rings is 2. The summed E-state index contributed by atoms with van der Waals surface area (Å²) in [5.74, 6) is 0.246. The molecule has 0 aliphatic rings. The Kier molecular flexibility index (Phi) is 6.06. The van der Waals surface area contributed by atoms with Gasteiger partial charge in [-0.25, -0.2) is 13.4 Å². The number of aryl methyl sites for hydroxylation is 2. The molecule has 170 valence electrons. The summed E-state index contributed by atoms with van der Waals surface area (Å²) >= 11 is 0. The van der Waals surface area contributed by atoms with Crippen molar-refractivity contribution in [1.29, 1.82) is 0 Å². The van der Waals surface area contributed by atoms with E-state index in [2.05, 4.69) is 15.0 Å². The minimum Gasteiger partial charge on any atom is -0.497 e. The fourth-order valence-corrected chi connectivity index (χ4v) is 4.46. The van der Waals surface area contributed by atoms with Crippen molar-refractivity contribution in [2.45, 2.75) is 25.3 Å². The molecule has 8 nitrogen and oxygen atoms in total. The molecule has 2 aromatic carbocycles. The number of amides is 1. The van der Waals surface area contributed by atoms with E-state index < -0.39 is 10.0 Å². The average Bonchev–Trinajstić information content (AvgIpc) is 3.20. The third-order valence-corrected chi connectivity index (χ3v) is 6.58. The number of hydrogen-bond acceptors (Lipinski definition) is 5. The molecule has 0 saturated carbocycles. The van der Waals surface area contributed by atoms with Crippen LogP contribution in [0, 0.1) is 13.8 Å². The van der Waals surface area contributed by atoms with Gasteiger partial charge in [0.1, 0.15) is 11.4 Å². The molecule has 2 aromatic heterocycles. The second-order valence-corrected chi connectivity index (χ2v) is 9.38. The number of pyridine rings is 1. The maximum Gasteiger partial charge on any atom is 0.261 e. The van der Waals surface area contributed by atoms with Gasteiger partial charge in [-0.05, 0) is 73.5 Å². The highest BCUT2D eigenvalue weighted by atomic mass is 32.2. The molecule has 1 amide bonds. The first-order valence-electron chi connectivity index (χ1n) is 10.2. The Morgan fingerprint density at radius 1 is 1.06 bits per heavy atom. The highest BCUT2D eigenvalue weighted by Crippen LogP contribution is 2.21. The van der Waals surface area contributed by atoms with Crippen molar-refractivity contribution in [3.8, 4) is 5.75 Å². The lowest BCUT2D eigenvalue weighted by Crippen LogP contribution is -2.24. The zero-order valence-electron chi connectivity index (χ0n) is 18.5. The van der Waals surface area contributed by atoms with Crippen molar-refractivity contribution in [3.63, 3.8) is 0 Å². The summed E-state index contributed by atoms with van der Waals surface area (Å²) in [6.07, 6.45) is 3.76. The van der Waals surface area contributed by atoms with Crippen molar-refractivity contribution >= 4 is 27.3 Å². The van der Waals surface area contributed by atoms with Crippen LogP contribution < -0.4 is 14.8 Å². The smallest absolute Gasteiger partial charge is 0.261 e. The SMILES string of the molecule is COc1ccc(NS(=O)(=O)c2ccc(C)c(C(=O)NCc3cn4ccc(C)cc4n3)c2)cc1. The number of methoxy groups -OCH3 is 1. The molecule has 0 radical (unpaired) electrons. The van der Waals surface area contributed by atoms with Crippen LogP contribution >= 0.6 is 0 Å². The number of carbonyl (C=O) groups is 1. The Bertz CT molecular complexity index is 1430. The van der Waals surface area contributed by atoms with E-state index in [0.717, 1.165) is 11.2 Å². The van der Waals surface area contributed by atoms with Crippen molar-refractivity contribution < 1.29 is 17.9 Å². The molecule has 0 aliphatic carbocycles. The van der Waals surface area contributed by atoms with Crippen molar-refractivity contribution in [1.82, 2.24) is 14.7 Å². The fraction of sp³-hybridized carbons (Fsp3) is 0.167. The van der Waals surface area contributed by atoms with Gasteiger partial charge in [0.25, 0.3) is 15.9 Å². The van der Waals surface area contributed by atoms with Crippen LogP contribution in [-0.4, -0.2) is 30.8 Å². The van der Waals surface area contributed by atoms with E-state index in [4.69, 9.17) is 4.74 Å². The van der Waals surface area contributed by atoms with Gasteiger partial charge >= 0.3 is 0 Å². The lowest BCUT2D eigenvalue weighted by Gasteiger charge is -2.12. The summed E-state index contributed by atoms with van der Waals surface area (Å²) in [6, 6.07) is 14.9. The number of carbonyl (C=O) groups excluding carboxylic acids is 1. The van der Waals surface area contributed by atoms with E-state index in [1.807, 2.05) is 35.9 Å². The van der Waals surface area contributed by atoms with Crippen LogP contribution in [0.2, 0.25) is 0 Å². The number of sulfonamides is 1. The Morgan fingerprint density at radius 3 is 2.55 bits per heavy atom. The molecule has 9 heteroatoms. The van der Waals surface area contributed by atoms with E-state index in [1.54, 1.807) is 37.3 Å². The fourth-order valence-electron chi connectivity index (χ4n) is 3.37. The van der Waals surface area contributed by atoms with E-state index in [0.29, 0.717) is 22.7 Å². The number of nitrogens with one attached hydrogen (secondary N) is 2. The van der Waals surface area contributed by atoms with Crippen LogP contribution in [0.1, 0.15) is 27.2 Å². The average molecular weight is 465 g/mol. The molecule has 0 atom stereocenters. The van der Waals surface area contributed by atoms with E-state index in [-0.39, 0.29) is 22.9 Å². The Balaban J connectivity index is 1.50. The highest BCUT2D eigenvalue weighted by Gasteiger charge is 2.18. The number of rotatable bonds is 7. The number of anilines is 1. The number of fused-ring (bicyclic) bond motifs is 1. The quantitative estimate of drug-likeness (QED) is 0.434. The van der Waals surface area contributed by atoms with Gasteiger partial charge in [0.15, 0.2) is 0 Å². The molecule has 0 saturated heterocycles. The second-order valence-electron chi connectivity index (χ2n) is 7.70. The molecule has 0 aliphatic heterocycles. The van der Waals surface area contributed by atoms with Crippen LogP contribution in [0.5, 0.6) is 5.75 Å². The topological polar surface area (TPSA) is 102 Å². The lowest BCUT2D eigenvalue weighted by atomic mass is 10.1. The first-order chi connectivity index (χ1) is 15.7. The first kappa shape index (κ1) is 22.3. The van der Waals surface area contributed by atoms with Crippen LogP contribution in [0.3, 0.4) is 0 Å². The van der Waals surface area contributed by atoms with Crippen LogP contribution in [-0.2, 0) is 16.6 Å². The summed E-state index contributed by atoms with van der Waals surface area (Å²) in [7, 11) is -2.34. The molecule has 0 bridgehead atoms. The maximum atomic E-state index is 12.9. The molecule has 0 spiro atoms. The zero-order chi connectivity index (χ0) is 23.6. The number of imidazole rings is 1. The molecule has 0 unspecified atom stereocenters. The molecule has 4 aromatic rings. The maximum absolute atomic E-state index is 12.9. The number of aromatic nitrogens is 2. The molecular formula is C24H24N4O4S. The lowest BCUT2D eigenvalue weighted by molar-refractivity contribution is 0.0949. The minimum absolute atomic E-state index is 0.00252. The Morgan fingerprint density at radius 2 is 1.82 bits per heavy atom. The van der Waals surface area contributed by atoms with Crippen LogP contribution in [0.15, 0.2) is 71.9 Å². The summed E-state index contributed by atoms with van der Waals surface area (Å²) in [4.78, 5) is 17.3. The summed E-state index contributed by atoms with van der Waals surface area (Å²) < 4.78 is 35.2. The Hall–Kier alpha value is -3.85. The van der Waals surface area contributed by atoms with Gasteiger partial charge in [-0.1, -0.05) is 6.07 Å². The molecule has 4 rings (SSSR count). The van der Waals surface area contributed by atoms with Gasteiger partial charge in [-0.15, -0.1) is 0 Å². The largest absolute Gasteiger partial charge is 0.497 e. The van der Waals surface area contributed by atoms with E-state index in [1.165, 1.54) is 19.2 Å². The molecular weight excluding hydrogens is 440 g/mol. The van der Waals surface area contributed by atoms with E-state index >= 15 is 0 Å². The summed E-state index contributed by atoms with van der Waals surface area (Å²) in [6.45, 7) is 3.97. The standard InChI is InChI=1S/C24H24N4O4S/c1-16-10-11-28-15-19(26-23(28)12-16)14-25-24(29)22-13-21(9-4-17(22)2)33(30,31)27-18-5-7-20(32-3)8-6-18/h4-13,15,27H,14H2,1-3H3,(H,25,29). The van der Waals surface area contributed by atoms with Gasteiger partial charge in [-0.2, -0.15) is 0 Å². The monoisotopic (exact) mass is 464 g/mol. The predicted molar refractivity (Wildman–Crippen MR) is 126 cm³/mol. The molecule has 33 heavy (non-hydrogen) atoms. The van der Waals surface area contributed by atoms with Gasteiger partial charge in [0, 0.05) is 23.6 Å². The molecule has 2 heterocycles. The van der Waals surface area contributed by atoms with Crippen LogP contribution in [0.25, 0.3) is 5.65 Å². The second kappa shape index (κ2) is 8.95. The van der Waals surface area contributed by atoms with Crippen LogP contribution in [0.4, 0.5) is 5.69 Å². The predicted octanol–water partition coefficient (Wildman–Crippen LogP) is 3.69. The zero-order valence-corrected chi connectivity index (χ0v) is 19.3. The van der Waals surface area contributed by atoms with Crippen molar-refractivity contribution in [2.24, 2.45) is 0 Å². The third kappa shape index (κ3) is 4.98. The van der Waals surface area contributed by atoms with Crippen molar-refractivity contribution in [2.75, 3.05) is 11.8 Å². The van der Waals surface area contributed by atoms with Gasteiger partial charge in [0.2, 0.25) is 0 Å². The van der Waals surface area contributed by atoms with Gasteiger partial charge in [0.05, 0.1) is 24.2 Å². The minimum atomic E-state index is -3.88. The van der Waals surface area contributed by atoms with E-state index in [9.17, 15) is 13.2 Å². The molecule has 0 fully saturated rings. The molecule has 2 N–H and O–H groups in total. The van der Waals surface area contributed by atoms with Gasteiger partial charge in [-0.3, -0.25) is 9.52 Å². The number of ether oxygens (including phenoxy) is 1. The highest BCUT2D eigenvalue weighted by molar-refractivity contribution is 7.92. The normalized spacial score (nSPS) is 11.4.